The normalized spacial score (nSPS) is 10.8. The van der Waals surface area contributed by atoms with Gasteiger partial charge in [0, 0.05) is 11.8 Å². The van der Waals surface area contributed by atoms with Crippen LogP contribution in [0.25, 0.3) is 6.08 Å². The van der Waals surface area contributed by atoms with Gasteiger partial charge >= 0.3 is 0 Å². The van der Waals surface area contributed by atoms with Crippen molar-refractivity contribution in [1.82, 2.24) is 0 Å². The van der Waals surface area contributed by atoms with Crippen molar-refractivity contribution in [3.63, 3.8) is 0 Å². The summed E-state index contributed by atoms with van der Waals surface area (Å²) in [6.07, 6.45) is 4.11. The molecule has 3 nitrogen and oxygen atoms in total. The molecule has 0 aliphatic rings. The Morgan fingerprint density at radius 3 is 2.53 bits per heavy atom. The van der Waals surface area contributed by atoms with Gasteiger partial charge in [0.15, 0.2) is 0 Å². The molecule has 1 aromatic heterocycles. The molecule has 0 saturated heterocycles. The van der Waals surface area contributed by atoms with E-state index in [1.165, 1.54) is 11.6 Å². The Balaban J connectivity index is 1.95. The number of hydrogen-bond donors (Lipinski definition) is 1. The molecule has 0 radical (unpaired) electrons. The first kappa shape index (κ1) is 13.1. The summed E-state index contributed by atoms with van der Waals surface area (Å²) >= 11 is 0. The number of aryl methyl sites for hydroxylation is 2. The Hall–Kier alpha value is -2.29. The highest BCUT2D eigenvalue weighted by Gasteiger charge is 1.99. The summed E-state index contributed by atoms with van der Waals surface area (Å²) in [7, 11) is 0. The zero-order chi connectivity index (χ0) is 13.7. The van der Waals surface area contributed by atoms with Crippen molar-refractivity contribution < 1.29 is 9.21 Å². The molecule has 0 unspecified atom stereocenters. The van der Waals surface area contributed by atoms with Gasteiger partial charge in [0.25, 0.3) is 0 Å². The number of anilines is 1. The first-order valence-corrected chi connectivity index (χ1v) is 6.32. The molecule has 1 N–H and O–H groups in total. The van der Waals surface area contributed by atoms with E-state index in [1.807, 2.05) is 43.3 Å². The Morgan fingerprint density at radius 1 is 1.21 bits per heavy atom. The van der Waals surface area contributed by atoms with E-state index in [9.17, 15) is 4.79 Å². The Kier molecular flexibility index (Phi) is 4.18. The zero-order valence-corrected chi connectivity index (χ0v) is 11.1. The largest absolute Gasteiger partial charge is 0.462 e. The number of furan rings is 1. The molecular formula is C16H17NO2. The van der Waals surface area contributed by atoms with Crippen molar-refractivity contribution in [1.29, 1.82) is 0 Å². The zero-order valence-electron chi connectivity index (χ0n) is 11.1. The lowest BCUT2D eigenvalue weighted by molar-refractivity contribution is -0.111. The molecule has 0 aliphatic heterocycles. The third-order valence-electron chi connectivity index (χ3n) is 2.79. The molecule has 2 rings (SSSR count). The summed E-state index contributed by atoms with van der Waals surface area (Å²) in [6.45, 7) is 3.97. The molecule has 0 bridgehead atoms. The summed E-state index contributed by atoms with van der Waals surface area (Å²) in [5, 5.41) is 2.80. The first-order chi connectivity index (χ1) is 9.17. The Morgan fingerprint density at radius 2 is 1.95 bits per heavy atom. The smallest absolute Gasteiger partial charge is 0.248 e. The van der Waals surface area contributed by atoms with E-state index in [1.54, 1.807) is 6.08 Å². The molecule has 0 aliphatic carbocycles. The third kappa shape index (κ3) is 3.85. The fourth-order valence-corrected chi connectivity index (χ4v) is 1.71. The van der Waals surface area contributed by atoms with E-state index >= 15 is 0 Å². The van der Waals surface area contributed by atoms with Gasteiger partial charge in [-0.3, -0.25) is 4.79 Å². The molecule has 98 valence electrons. The second kappa shape index (κ2) is 6.05. The average Bonchev–Trinajstić information content (AvgIpc) is 2.83. The number of amides is 1. The minimum Gasteiger partial charge on any atom is -0.462 e. The number of carbonyl (C=O) groups is 1. The molecule has 1 heterocycles. The highest BCUT2D eigenvalue weighted by Crippen LogP contribution is 2.11. The van der Waals surface area contributed by atoms with Crippen LogP contribution in [0.3, 0.4) is 0 Å². The molecule has 0 saturated carbocycles. The van der Waals surface area contributed by atoms with E-state index in [-0.39, 0.29) is 5.91 Å². The molecule has 2 aromatic rings. The van der Waals surface area contributed by atoms with Crippen LogP contribution in [0.15, 0.2) is 46.9 Å². The summed E-state index contributed by atoms with van der Waals surface area (Å²) in [5.74, 6) is 1.34. The van der Waals surface area contributed by atoms with E-state index < -0.39 is 0 Å². The van der Waals surface area contributed by atoms with Crippen LogP contribution in [0.2, 0.25) is 0 Å². The maximum atomic E-state index is 11.7. The van der Waals surface area contributed by atoms with Crippen LogP contribution in [-0.4, -0.2) is 5.91 Å². The molecular weight excluding hydrogens is 238 g/mol. The lowest BCUT2D eigenvalue weighted by Gasteiger charge is -2.02. The van der Waals surface area contributed by atoms with Crippen LogP contribution in [0.4, 0.5) is 5.69 Å². The lowest BCUT2D eigenvalue weighted by atomic mass is 10.1. The second-order valence-corrected chi connectivity index (χ2v) is 4.32. The molecule has 1 amide bonds. The van der Waals surface area contributed by atoms with E-state index in [2.05, 4.69) is 12.2 Å². The number of rotatable bonds is 4. The van der Waals surface area contributed by atoms with Gasteiger partial charge in [0.1, 0.15) is 11.5 Å². The maximum Gasteiger partial charge on any atom is 0.248 e. The van der Waals surface area contributed by atoms with Gasteiger partial charge in [-0.1, -0.05) is 19.1 Å². The monoisotopic (exact) mass is 255 g/mol. The molecule has 0 spiro atoms. The van der Waals surface area contributed by atoms with Gasteiger partial charge in [-0.05, 0) is 49.2 Å². The van der Waals surface area contributed by atoms with Crippen molar-refractivity contribution >= 4 is 17.7 Å². The van der Waals surface area contributed by atoms with Crippen molar-refractivity contribution in [2.45, 2.75) is 20.3 Å². The summed E-state index contributed by atoms with van der Waals surface area (Å²) in [4.78, 5) is 11.7. The Bertz CT molecular complexity index is 579. The van der Waals surface area contributed by atoms with Crippen LogP contribution < -0.4 is 5.32 Å². The van der Waals surface area contributed by atoms with Gasteiger partial charge < -0.3 is 9.73 Å². The molecule has 3 heteroatoms. The van der Waals surface area contributed by atoms with E-state index in [4.69, 9.17) is 4.42 Å². The Labute approximate surface area is 112 Å². The highest BCUT2D eigenvalue weighted by atomic mass is 16.3. The second-order valence-electron chi connectivity index (χ2n) is 4.32. The predicted octanol–water partition coefficient (Wildman–Crippen LogP) is 3.80. The van der Waals surface area contributed by atoms with Crippen LogP contribution in [0.5, 0.6) is 0 Å². The highest BCUT2D eigenvalue weighted by molar-refractivity contribution is 6.01. The topological polar surface area (TPSA) is 42.2 Å². The number of hydrogen-bond acceptors (Lipinski definition) is 2. The van der Waals surface area contributed by atoms with Gasteiger partial charge in [0.2, 0.25) is 5.91 Å². The molecule has 0 atom stereocenters. The number of nitrogens with one attached hydrogen (secondary N) is 1. The summed E-state index contributed by atoms with van der Waals surface area (Å²) in [5.41, 5.74) is 2.04. The predicted molar refractivity (Wildman–Crippen MR) is 76.9 cm³/mol. The molecule has 19 heavy (non-hydrogen) atoms. The van der Waals surface area contributed by atoms with Gasteiger partial charge in [-0.15, -0.1) is 0 Å². The first-order valence-electron chi connectivity index (χ1n) is 6.32. The fourth-order valence-electron chi connectivity index (χ4n) is 1.71. The van der Waals surface area contributed by atoms with Crippen LogP contribution in [0, 0.1) is 6.92 Å². The summed E-state index contributed by atoms with van der Waals surface area (Å²) < 4.78 is 5.35. The van der Waals surface area contributed by atoms with Crippen molar-refractivity contribution in [3.8, 4) is 0 Å². The van der Waals surface area contributed by atoms with Crippen LogP contribution >= 0.6 is 0 Å². The van der Waals surface area contributed by atoms with E-state index in [0.717, 1.165) is 17.9 Å². The van der Waals surface area contributed by atoms with Gasteiger partial charge in [0.05, 0.1) is 0 Å². The third-order valence-corrected chi connectivity index (χ3v) is 2.79. The van der Waals surface area contributed by atoms with Crippen LogP contribution in [-0.2, 0) is 11.2 Å². The minimum absolute atomic E-state index is 0.168. The van der Waals surface area contributed by atoms with Crippen molar-refractivity contribution in [2.75, 3.05) is 5.32 Å². The lowest BCUT2D eigenvalue weighted by Crippen LogP contribution is -2.07. The molecule has 0 fully saturated rings. The van der Waals surface area contributed by atoms with Gasteiger partial charge in [-0.25, -0.2) is 0 Å². The van der Waals surface area contributed by atoms with Crippen LogP contribution in [0.1, 0.15) is 24.0 Å². The van der Waals surface area contributed by atoms with Crippen molar-refractivity contribution in [2.24, 2.45) is 0 Å². The van der Waals surface area contributed by atoms with Crippen molar-refractivity contribution in [3.05, 3.63) is 59.6 Å². The summed E-state index contributed by atoms with van der Waals surface area (Å²) in [6, 6.07) is 11.5. The quantitative estimate of drug-likeness (QED) is 0.844. The number of carbonyl (C=O) groups excluding carboxylic acids is 1. The molecule has 1 aromatic carbocycles. The average molecular weight is 255 g/mol. The van der Waals surface area contributed by atoms with Gasteiger partial charge in [-0.2, -0.15) is 0 Å². The van der Waals surface area contributed by atoms with E-state index in [0.29, 0.717) is 5.76 Å². The standard InChI is InChI=1S/C16H17NO2/c1-3-13-5-7-14(8-6-13)17-16(18)11-10-15-9-4-12(2)19-15/h4-11H,3H2,1-2H3,(H,17,18). The fraction of sp³-hybridized carbons (Fsp3) is 0.188. The number of benzene rings is 1. The maximum absolute atomic E-state index is 11.7. The minimum atomic E-state index is -0.168. The SMILES string of the molecule is CCc1ccc(NC(=O)C=Cc2ccc(C)o2)cc1.